The third-order valence-corrected chi connectivity index (χ3v) is 5.72. The second kappa shape index (κ2) is 5.35. The molecule has 22 heavy (non-hydrogen) atoms. The zero-order valence-electron chi connectivity index (χ0n) is 12.5. The second-order valence-electron chi connectivity index (χ2n) is 5.55. The van der Waals surface area contributed by atoms with Crippen molar-refractivity contribution in [3.05, 3.63) is 46.5 Å². The van der Waals surface area contributed by atoms with E-state index >= 15 is 0 Å². The van der Waals surface area contributed by atoms with Crippen LogP contribution in [-0.2, 0) is 10.8 Å². The van der Waals surface area contributed by atoms with E-state index in [2.05, 4.69) is 24.0 Å². The molecule has 1 aromatic carbocycles. The Hall–Kier alpha value is -1.95. The van der Waals surface area contributed by atoms with Crippen LogP contribution in [0, 0.1) is 0 Å². The van der Waals surface area contributed by atoms with Crippen LogP contribution in [0.5, 0.6) is 0 Å². The highest BCUT2D eigenvalue weighted by Crippen LogP contribution is 2.32. The molecule has 1 unspecified atom stereocenters. The van der Waals surface area contributed by atoms with E-state index < -0.39 is 10.8 Å². The maximum Gasteiger partial charge on any atom is 0.181 e. The molecule has 4 rings (SSSR count). The quantitative estimate of drug-likeness (QED) is 0.836. The van der Waals surface area contributed by atoms with Crippen molar-refractivity contribution in [3.63, 3.8) is 0 Å². The lowest BCUT2D eigenvalue weighted by molar-refractivity contribution is 0.273. The highest BCUT2D eigenvalue weighted by molar-refractivity contribution is 7.89. The molecule has 114 valence electrons. The van der Waals surface area contributed by atoms with Crippen LogP contribution >= 0.6 is 0 Å². The summed E-state index contributed by atoms with van der Waals surface area (Å²) in [5.41, 5.74) is 3.18. The first-order chi connectivity index (χ1) is 10.8. The largest absolute Gasteiger partial charge is 0.296 e. The summed E-state index contributed by atoms with van der Waals surface area (Å²) in [7, 11) is -0.925. The molecule has 5 nitrogen and oxygen atoms in total. The van der Waals surface area contributed by atoms with Crippen LogP contribution < -0.4 is 0 Å². The zero-order valence-corrected chi connectivity index (χ0v) is 13.3. The smallest absolute Gasteiger partial charge is 0.181 e. The van der Waals surface area contributed by atoms with Crippen molar-refractivity contribution in [1.29, 1.82) is 0 Å². The van der Waals surface area contributed by atoms with Gasteiger partial charge in [0.05, 0.1) is 17.3 Å². The summed E-state index contributed by atoms with van der Waals surface area (Å²) in [4.78, 5) is 6.92. The number of fused-ring (bicyclic) bond motifs is 2. The minimum Gasteiger partial charge on any atom is -0.296 e. The number of nitrogens with zero attached hydrogens (tertiary/aromatic N) is 4. The van der Waals surface area contributed by atoms with Gasteiger partial charge in [-0.2, -0.15) is 5.10 Å². The molecule has 0 saturated heterocycles. The van der Waals surface area contributed by atoms with E-state index in [0.717, 1.165) is 40.9 Å². The Labute approximate surface area is 132 Å². The van der Waals surface area contributed by atoms with Gasteiger partial charge in [-0.05, 0) is 18.9 Å². The van der Waals surface area contributed by atoms with E-state index in [1.54, 1.807) is 0 Å². The van der Waals surface area contributed by atoms with Gasteiger partial charge < -0.3 is 0 Å². The molecule has 3 aliphatic heterocycles. The van der Waals surface area contributed by atoms with Crippen LogP contribution in [0.2, 0.25) is 0 Å². The van der Waals surface area contributed by atoms with Crippen molar-refractivity contribution in [2.24, 2.45) is 10.1 Å². The number of hydrogen-bond acceptors (Lipinski definition) is 5. The molecule has 6 heteroatoms. The molecule has 0 fully saturated rings. The van der Waals surface area contributed by atoms with Crippen molar-refractivity contribution in [1.82, 2.24) is 9.91 Å². The summed E-state index contributed by atoms with van der Waals surface area (Å²) >= 11 is 0. The first-order valence-electron chi connectivity index (χ1n) is 7.59. The van der Waals surface area contributed by atoms with Crippen LogP contribution in [0.4, 0.5) is 0 Å². The molecule has 0 N–H and O–H groups in total. The molecule has 3 heterocycles. The van der Waals surface area contributed by atoms with Crippen molar-refractivity contribution < 1.29 is 4.21 Å². The lowest BCUT2D eigenvalue weighted by Gasteiger charge is -2.21. The molecule has 0 bridgehead atoms. The Morgan fingerprint density at radius 3 is 2.86 bits per heavy atom. The predicted octanol–water partition coefficient (Wildman–Crippen LogP) is 1.76. The topological polar surface area (TPSA) is 48.3 Å². The molecular weight excluding hydrogens is 296 g/mol. The lowest BCUT2D eigenvalue weighted by atomic mass is 10.1. The van der Waals surface area contributed by atoms with Crippen molar-refractivity contribution in [2.45, 2.75) is 13.3 Å². The van der Waals surface area contributed by atoms with Crippen molar-refractivity contribution >= 4 is 22.3 Å². The van der Waals surface area contributed by atoms with Crippen LogP contribution in [0.15, 0.2) is 51.0 Å². The van der Waals surface area contributed by atoms with E-state index in [0.29, 0.717) is 13.2 Å². The zero-order chi connectivity index (χ0) is 15.1. The Morgan fingerprint density at radius 2 is 2.09 bits per heavy atom. The van der Waals surface area contributed by atoms with Gasteiger partial charge in [0.15, 0.2) is 5.84 Å². The van der Waals surface area contributed by atoms with Gasteiger partial charge in [-0.1, -0.05) is 30.3 Å². The summed E-state index contributed by atoms with van der Waals surface area (Å²) in [5.74, 6) is 1.56. The fourth-order valence-electron chi connectivity index (χ4n) is 3.06. The van der Waals surface area contributed by atoms with Crippen molar-refractivity contribution in [2.75, 3.05) is 25.5 Å². The van der Waals surface area contributed by atoms with Crippen molar-refractivity contribution in [3.8, 4) is 0 Å². The van der Waals surface area contributed by atoms with Gasteiger partial charge >= 0.3 is 0 Å². The summed E-state index contributed by atoms with van der Waals surface area (Å²) in [6, 6.07) is 10.1. The average molecular weight is 314 g/mol. The Balaban J connectivity index is 1.82. The molecule has 1 atom stereocenters. The minimum absolute atomic E-state index is 0.632. The lowest BCUT2D eigenvalue weighted by Crippen LogP contribution is -2.35. The SMILES string of the molecule is CCN1CN2C(=N1)C(c1ccccc1)=NCC1=C2S(=O)CC1. The number of rotatable bonds is 2. The fourth-order valence-corrected chi connectivity index (χ4v) is 4.56. The molecule has 0 aromatic heterocycles. The monoisotopic (exact) mass is 314 g/mol. The predicted molar refractivity (Wildman–Crippen MR) is 89.0 cm³/mol. The summed E-state index contributed by atoms with van der Waals surface area (Å²) in [5, 5.41) is 7.67. The summed E-state index contributed by atoms with van der Waals surface area (Å²) in [6.07, 6.45) is 0.878. The molecule has 0 spiro atoms. The number of hydrazone groups is 1. The normalized spacial score (nSPS) is 24.0. The highest BCUT2D eigenvalue weighted by Gasteiger charge is 2.37. The van der Waals surface area contributed by atoms with Gasteiger partial charge in [-0.25, -0.2) is 0 Å². The maximum atomic E-state index is 12.4. The maximum absolute atomic E-state index is 12.4. The molecule has 3 aliphatic rings. The van der Waals surface area contributed by atoms with Gasteiger partial charge in [0.2, 0.25) is 0 Å². The Bertz CT molecular complexity index is 723. The third kappa shape index (κ3) is 2.09. The highest BCUT2D eigenvalue weighted by atomic mass is 32.2. The Kier molecular flexibility index (Phi) is 3.33. The van der Waals surface area contributed by atoms with Gasteiger partial charge in [-0.3, -0.25) is 19.1 Å². The molecular formula is C16H18N4OS. The number of amidine groups is 1. The van der Waals surface area contributed by atoms with Gasteiger partial charge in [0, 0.05) is 17.9 Å². The van der Waals surface area contributed by atoms with E-state index in [4.69, 9.17) is 10.1 Å². The number of aliphatic imine (C=N–C) groups is 1. The van der Waals surface area contributed by atoms with Crippen LogP contribution in [0.1, 0.15) is 18.9 Å². The third-order valence-electron chi connectivity index (χ3n) is 4.20. The van der Waals surface area contributed by atoms with Gasteiger partial charge in [-0.15, -0.1) is 0 Å². The first-order valence-corrected chi connectivity index (χ1v) is 8.91. The van der Waals surface area contributed by atoms with E-state index in [1.165, 1.54) is 5.57 Å². The summed E-state index contributed by atoms with van der Waals surface area (Å²) in [6.45, 7) is 4.21. The molecule has 0 aliphatic carbocycles. The molecule has 0 amide bonds. The van der Waals surface area contributed by atoms with Crippen LogP contribution in [0.25, 0.3) is 0 Å². The summed E-state index contributed by atoms with van der Waals surface area (Å²) < 4.78 is 12.4. The molecule has 1 aromatic rings. The average Bonchev–Trinajstić information content (AvgIpc) is 3.09. The molecule has 0 saturated carbocycles. The number of hydrogen-bond donors (Lipinski definition) is 0. The van der Waals surface area contributed by atoms with E-state index in [-0.39, 0.29) is 0 Å². The van der Waals surface area contributed by atoms with Gasteiger partial charge in [0.25, 0.3) is 0 Å². The second-order valence-corrected chi connectivity index (χ2v) is 7.04. The van der Waals surface area contributed by atoms with Gasteiger partial charge in [0.1, 0.15) is 17.4 Å². The van der Waals surface area contributed by atoms with Crippen LogP contribution in [-0.4, -0.2) is 51.2 Å². The standard InChI is InChI=1S/C16H18N4OS/c1-2-19-11-20-15(18-19)14(12-6-4-3-5-7-12)17-10-13-8-9-22(21)16(13)20/h3-7H,2,8-11H2,1H3. The minimum atomic E-state index is -0.925. The number of benzene rings is 1. The Morgan fingerprint density at radius 1 is 1.27 bits per heavy atom. The van der Waals surface area contributed by atoms with Crippen LogP contribution in [0.3, 0.4) is 0 Å². The fraction of sp³-hybridized carbons (Fsp3) is 0.375. The van der Waals surface area contributed by atoms with E-state index in [1.807, 2.05) is 23.2 Å². The molecule has 0 radical (unpaired) electrons. The first kappa shape index (κ1) is 13.7. The van der Waals surface area contributed by atoms with E-state index in [9.17, 15) is 4.21 Å².